The molecule has 16 heavy (non-hydrogen) atoms. The Morgan fingerprint density at radius 1 is 1.50 bits per heavy atom. The van der Waals surface area contributed by atoms with Crippen LogP contribution in [0.4, 0.5) is 0 Å². The van der Waals surface area contributed by atoms with Crippen LogP contribution in [0.3, 0.4) is 0 Å². The molecule has 0 aliphatic rings. The highest BCUT2D eigenvalue weighted by atomic mass is 32.2. The number of thioether (sulfide) groups is 1. The van der Waals surface area contributed by atoms with Crippen LogP contribution in [0, 0.1) is 13.8 Å². The molecule has 0 aliphatic carbocycles. The van der Waals surface area contributed by atoms with E-state index < -0.39 is 0 Å². The van der Waals surface area contributed by atoms with E-state index >= 15 is 0 Å². The summed E-state index contributed by atoms with van der Waals surface area (Å²) in [6.07, 6.45) is 1.95. The van der Waals surface area contributed by atoms with Gasteiger partial charge >= 0.3 is 0 Å². The van der Waals surface area contributed by atoms with Gasteiger partial charge in [0.1, 0.15) is 0 Å². The molecule has 0 atom stereocenters. The van der Waals surface area contributed by atoms with E-state index in [0.29, 0.717) is 0 Å². The zero-order chi connectivity index (χ0) is 12.0. The molecule has 1 aromatic heterocycles. The highest BCUT2D eigenvalue weighted by Crippen LogP contribution is 2.12. The quantitative estimate of drug-likeness (QED) is 0.581. The van der Waals surface area contributed by atoms with Crippen LogP contribution in [0.15, 0.2) is 18.7 Å². The normalized spacial score (nSPS) is 10.7. The lowest BCUT2D eigenvalue weighted by atomic mass is 10.2. The van der Waals surface area contributed by atoms with E-state index in [-0.39, 0.29) is 0 Å². The highest BCUT2D eigenvalue weighted by molar-refractivity contribution is 7.99. The van der Waals surface area contributed by atoms with Crippen molar-refractivity contribution in [1.29, 1.82) is 0 Å². The Labute approximate surface area is 103 Å². The largest absolute Gasteiger partial charge is 0.352 e. The van der Waals surface area contributed by atoms with Crippen molar-refractivity contribution in [1.82, 2.24) is 9.88 Å². The molecule has 0 radical (unpaired) electrons. The predicted octanol–water partition coefficient (Wildman–Crippen LogP) is 2.65. The van der Waals surface area contributed by atoms with Crippen molar-refractivity contribution in [2.75, 3.05) is 18.1 Å². The molecule has 0 saturated heterocycles. The summed E-state index contributed by atoms with van der Waals surface area (Å²) in [7, 11) is 2.12. The molecule has 90 valence electrons. The second kappa shape index (κ2) is 6.81. The summed E-state index contributed by atoms with van der Waals surface area (Å²) in [5.41, 5.74) is 4.10. The maximum Gasteiger partial charge on any atom is 0.0223 e. The number of hydrogen-bond donors (Lipinski definition) is 1. The first-order valence-electron chi connectivity index (χ1n) is 5.68. The van der Waals surface area contributed by atoms with Gasteiger partial charge in [-0.25, -0.2) is 0 Å². The molecular formula is C13H22N2S. The smallest absolute Gasteiger partial charge is 0.0223 e. The Balaban J connectivity index is 2.27. The van der Waals surface area contributed by atoms with Crippen LogP contribution in [0.1, 0.15) is 17.0 Å². The fourth-order valence-corrected chi connectivity index (χ4v) is 2.27. The van der Waals surface area contributed by atoms with E-state index in [1.54, 1.807) is 0 Å². The maximum absolute atomic E-state index is 3.71. The standard InChI is InChI=1S/C13H22N2S/c1-5-7-16-8-6-14-10-13-9-11(2)15(4)12(13)3/h5,9,14H,1,6-8,10H2,2-4H3. The first-order valence-corrected chi connectivity index (χ1v) is 6.83. The number of hydrogen-bond acceptors (Lipinski definition) is 2. The molecular weight excluding hydrogens is 216 g/mol. The summed E-state index contributed by atoms with van der Waals surface area (Å²) in [5.74, 6) is 2.20. The lowest BCUT2D eigenvalue weighted by Gasteiger charge is -2.04. The molecule has 0 saturated carbocycles. The summed E-state index contributed by atoms with van der Waals surface area (Å²) < 4.78 is 2.24. The van der Waals surface area contributed by atoms with E-state index in [1.807, 2.05) is 17.8 Å². The van der Waals surface area contributed by atoms with Crippen LogP contribution < -0.4 is 5.32 Å². The minimum atomic E-state index is 0.974. The third-order valence-electron chi connectivity index (χ3n) is 2.85. The van der Waals surface area contributed by atoms with Crippen molar-refractivity contribution in [3.8, 4) is 0 Å². The Kier molecular flexibility index (Phi) is 5.71. The van der Waals surface area contributed by atoms with Crippen LogP contribution >= 0.6 is 11.8 Å². The van der Waals surface area contributed by atoms with Crippen molar-refractivity contribution in [3.63, 3.8) is 0 Å². The van der Waals surface area contributed by atoms with E-state index in [2.05, 4.69) is 43.4 Å². The van der Waals surface area contributed by atoms with Crippen LogP contribution in [0.5, 0.6) is 0 Å². The topological polar surface area (TPSA) is 17.0 Å². The molecule has 1 N–H and O–H groups in total. The van der Waals surface area contributed by atoms with Crippen LogP contribution in [0.2, 0.25) is 0 Å². The Hall–Kier alpha value is -0.670. The minimum Gasteiger partial charge on any atom is -0.352 e. The van der Waals surface area contributed by atoms with Gasteiger partial charge in [-0.1, -0.05) is 6.08 Å². The number of nitrogens with one attached hydrogen (secondary N) is 1. The van der Waals surface area contributed by atoms with E-state index in [9.17, 15) is 0 Å². The van der Waals surface area contributed by atoms with Gasteiger partial charge in [0.05, 0.1) is 0 Å². The molecule has 2 nitrogen and oxygen atoms in total. The molecule has 0 bridgehead atoms. The van der Waals surface area contributed by atoms with Gasteiger partial charge in [0.15, 0.2) is 0 Å². The Morgan fingerprint density at radius 3 is 2.81 bits per heavy atom. The number of rotatable bonds is 7. The molecule has 3 heteroatoms. The highest BCUT2D eigenvalue weighted by Gasteiger charge is 2.04. The van der Waals surface area contributed by atoms with Gasteiger partial charge in [0.2, 0.25) is 0 Å². The maximum atomic E-state index is 3.71. The summed E-state index contributed by atoms with van der Waals surface area (Å²) in [6, 6.07) is 2.26. The Bertz CT molecular complexity index is 342. The van der Waals surface area contributed by atoms with Crippen molar-refractivity contribution in [3.05, 3.63) is 35.7 Å². The second-order valence-electron chi connectivity index (χ2n) is 4.00. The van der Waals surface area contributed by atoms with Crippen LogP contribution in [-0.4, -0.2) is 22.6 Å². The summed E-state index contributed by atoms with van der Waals surface area (Å²) in [4.78, 5) is 0. The van der Waals surface area contributed by atoms with Crippen molar-refractivity contribution < 1.29 is 0 Å². The minimum absolute atomic E-state index is 0.974. The zero-order valence-electron chi connectivity index (χ0n) is 10.5. The van der Waals surface area contributed by atoms with Crippen molar-refractivity contribution >= 4 is 11.8 Å². The molecule has 0 aromatic carbocycles. The monoisotopic (exact) mass is 238 g/mol. The molecule has 0 fully saturated rings. The van der Waals surface area contributed by atoms with Gasteiger partial charge in [0, 0.05) is 43.0 Å². The SMILES string of the molecule is C=CCSCCNCc1cc(C)n(C)c1C. The average Bonchev–Trinajstić information content (AvgIpc) is 2.51. The van der Waals surface area contributed by atoms with E-state index in [0.717, 1.165) is 24.6 Å². The second-order valence-corrected chi connectivity index (χ2v) is 5.15. The molecule has 1 rings (SSSR count). The first-order chi connectivity index (χ1) is 7.66. The van der Waals surface area contributed by atoms with E-state index in [1.165, 1.54) is 17.0 Å². The first kappa shape index (κ1) is 13.4. The predicted molar refractivity (Wildman–Crippen MR) is 74.1 cm³/mol. The Morgan fingerprint density at radius 2 is 2.25 bits per heavy atom. The van der Waals surface area contributed by atoms with Crippen LogP contribution in [-0.2, 0) is 13.6 Å². The fraction of sp³-hybridized carbons (Fsp3) is 0.538. The fourth-order valence-electron chi connectivity index (χ4n) is 1.65. The molecule has 1 aromatic rings. The lowest BCUT2D eigenvalue weighted by molar-refractivity contribution is 0.723. The third-order valence-corrected chi connectivity index (χ3v) is 3.82. The van der Waals surface area contributed by atoms with Gasteiger partial charge in [-0.15, -0.1) is 6.58 Å². The molecule has 0 unspecified atom stereocenters. The van der Waals surface area contributed by atoms with Gasteiger partial charge < -0.3 is 9.88 Å². The third kappa shape index (κ3) is 3.72. The summed E-state index contributed by atoms with van der Waals surface area (Å²) in [6.45, 7) is 10.1. The summed E-state index contributed by atoms with van der Waals surface area (Å²) >= 11 is 1.92. The number of nitrogens with zero attached hydrogens (tertiary/aromatic N) is 1. The molecule has 0 aliphatic heterocycles. The zero-order valence-corrected chi connectivity index (χ0v) is 11.4. The summed E-state index contributed by atoms with van der Waals surface area (Å²) in [5, 5.41) is 3.47. The van der Waals surface area contributed by atoms with E-state index in [4.69, 9.17) is 0 Å². The number of aryl methyl sites for hydroxylation is 1. The molecule has 1 heterocycles. The van der Waals surface area contributed by atoms with Crippen molar-refractivity contribution in [2.45, 2.75) is 20.4 Å². The van der Waals surface area contributed by atoms with Crippen LogP contribution in [0.25, 0.3) is 0 Å². The average molecular weight is 238 g/mol. The van der Waals surface area contributed by atoms with Gasteiger partial charge in [0.25, 0.3) is 0 Å². The van der Waals surface area contributed by atoms with Crippen molar-refractivity contribution in [2.24, 2.45) is 7.05 Å². The lowest BCUT2D eigenvalue weighted by Crippen LogP contribution is -2.17. The van der Waals surface area contributed by atoms with Gasteiger partial charge in [-0.05, 0) is 25.5 Å². The molecule has 0 spiro atoms. The van der Waals surface area contributed by atoms with Gasteiger partial charge in [-0.3, -0.25) is 0 Å². The van der Waals surface area contributed by atoms with Gasteiger partial charge in [-0.2, -0.15) is 11.8 Å². The molecule has 0 amide bonds. The number of aromatic nitrogens is 1.